The molecule has 1 unspecified atom stereocenters. The van der Waals surface area contributed by atoms with Crippen molar-refractivity contribution < 1.29 is 23.9 Å². The Bertz CT molecular complexity index is 507. The van der Waals surface area contributed by atoms with Crippen molar-refractivity contribution in [3.8, 4) is 0 Å². The van der Waals surface area contributed by atoms with Crippen LogP contribution < -0.4 is 5.32 Å². The zero-order chi connectivity index (χ0) is 16.9. The van der Waals surface area contributed by atoms with Crippen molar-refractivity contribution in [2.24, 2.45) is 0 Å². The molecule has 23 heavy (non-hydrogen) atoms. The van der Waals surface area contributed by atoms with Crippen LogP contribution in [-0.2, 0) is 23.9 Å². The largest absolute Gasteiger partial charge is 0.466 e. The summed E-state index contributed by atoms with van der Waals surface area (Å²) in [6.07, 6.45) is 6.77. The van der Waals surface area contributed by atoms with Gasteiger partial charge in [-0.3, -0.25) is 9.59 Å². The zero-order valence-corrected chi connectivity index (χ0v) is 13.9. The lowest BCUT2D eigenvalue weighted by atomic mass is 9.89. The van der Waals surface area contributed by atoms with Crippen LogP contribution in [0.1, 0.15) is 58.8 Å². The summed E-state index contributed by atoms with van der Waals surface area (Å²) in [5.74, 6) is -1.49. The Morgan fingerprint density at radius 1 is 1.35 bits per heavy atom. The highest BCUT2D eigenvalue weighted by atomic mass is 16.6. The number of hydrogen-bond acceptors (Lipinski definition) is 5. The van der Waals surface area contributed by atoms with Crippen LogP contribution in [0.15, 0.2) is 11.6 Å². The fraction of sp³-hybridized carbons (Fsp3) is 0.706. The van der Waals surface area contributed by atoms with Crippen molar-refractivity contribution in [2.75, 3.05) is 6.61 Å². The summed E-state index contributed by atoms with van der Waals surface area (Å²) in [6, 6.07) is 0.0843. The van der Waals surface area contributed by atoms with Crippen molar-refractivity contribution in [2.45, 2.75) is 70.4 Å². The maximum atomic E-state index is 12.8. The van der Waals surface area contributed by atoms with E-state index in [1.165, 1.54) is 6.42 Å². The molecule has 0 aromatic carbocycles. The normalized spacial score (nSPS) is 25.3. The predicted molar refractivity (Wildman–Crippen MR) is 83.5 cm³/mol. The highest BCUT2D eigenvalue weighted by Gasteiger charge is 2.47. The summed E-state index contributed by atoms with van der Waals surface area (Å²) in [7, 11) is 0. The van der Waals surface area contributed by atoms with Gasteiger partial charge < -0.3 is 14.8 Å². The average molecular weight is 323 g/mol. The number of carbonyl (C=O) groups is 3. The van der Waals surface area contributed by atoms with E-state index in [2.05, 4.69) is 5.32 Å². The molecule has 1 amide bonds. The minimum absolute atomic E-state index is 0.0843. The third-order valence-electron chi connectivity index (χ3n) is 4.44. The molecule has 1 fully saturated rings. The van der Waals surface area contributed by atoms with Crippen LogP contribution in [0.4, 0.5) is 0 Å². The van der Waals surface area contributed by atoms with Gasteiger partial charge in [0.05, 0.1) is 13.0 Å². The van der Waals surface area contributed by atoms with Gasteiger partial charge >= 0.3 is 11.9 Å². The highest BCUT2D eigenvalue weighted by molar-refractivity contribution is 5.97. The fourth-order valence-corrected chi connectivity index (χ4v) is 3.04. The van der Waals surface area contributed by atoms with Crippen LogP contribution in [0.2, 0.25) is 0 Å². The second-order valence-electron chi connectivity index (χ2n) is 6.27. The smallest absolute Gasteiger partial charge is 0.334 e. The van der Waals surface area contributed by atoms with Gasteiger partial charge in [0.1, 0.15) is 0 Å². The molecule has 128 valence electrons. The lowest BCUT2D eigenvalue weighted by Gasteiger charge is -2.35. The van der Waals surface area contributed by atoms with Crippen LogP contribution in [0, 0.1) is 0 Å². The van der Waals surface area contributed by atoms with E-state index in [-0.39, 0.29) is 25.5 Å². The molecular weight excluding hydrogens is 298 g/mol. The first-order valence-corrected chi connectivity index (χ1v) is 8.33. The van der Waals surface area contributed by atoms with Gasteiger partial charge in [-0.1, -0.05) is 25.3 Å². The number of nitrogens with one attached hydrogen (secondary N) is 1. The number of cyclic esters (lactones) is 1. The molecule has 6 heteroatoms. The summed E-state index contributed by atoms with van der Waals surface area (Å²) in [5.41, 5.74) is -1.03. The van der Waals surface area contributed by atoms with Gasteiger partial charge in [-0.05, 0) is 26.7 Å². The van der Waals surface area contributed by atoms with E-state index in [1.807, 2.05) is 0 Å². The fourth-order valence-electron chi connectivity index (χ4n) is 3.04. The predicted octanol–water partition coefficient (Wildman–Crippen LogP) is 2.02. The number of hydrogen-bond donors (Lipinski definition) is 1. The average Bonchev–Trinajstić information content (AvgIpc) is 2.52. The number of ether oxygens (including phenoxy) is 2. The number of carbonyl (C=O) groups excluding carboxylic acids is 3. The van der Waals surface area contributed by atoms with Gasteiger partial charge in [-0.15, -0.1) is 0 Å². The maximum absolute atomic E-state index is 12.8. The van der Waals surface area contributed by atoms with Gasteiger partial charge in [-0.2, -0.15) is 0 Å². The Labute approximate surface area is 136 Å². The van der Waals surface area contributed by atoms with Crippen molar-refractivity contribution >= 4 is 17.8 Å². The molecule has 0 bridgehead atoms. The Kier molecular flexibility index (Phi) is 5.80. The zero-order valence-electron chi connectivity index (χ0n) is 13.9. The van der Waals surface area contributed by atoms with E-state index in [4.69, 9.17) is 9.47 Å². The summed E-state index contributed by atoms with van der Waals surface area (Å²) < 4.78 is 10.3. The van der Waals surface area contributed by atoms with E-state index < -0.39 is 23.4 Å². The van der Waals surface area contributed by atoms with E-state index in [9.17, 15) is 14.4 Å². The molecule has 2 aliphatic rings. The molecule has 0 aromatic heterocycles. The summed E-state index contributed by atoms with van der Waals surface area (Å²) >= 11 is 0. The Hall–Kier alpha value is -1.85. The van der Waals surface area contributed by atoms with Crippen molar-refractivity contribution in [1.29, 1.82) is 0 Å². The minimum Gasteiger partial charge on any atom is -0.466 e. The molecule has 1 aliphatic carbocycles. The van der Waals surface area contributed by atoms with E-state index in [1.54, 1.807) is 19.9 Å². The van der Waals surface area contributed by atoms with Crippen LogP contribution >= 0.6 is 0 Å². The first kappa shape index (κ1) is 17.5. The number of esters is 2. The number of amides is 1. The second kappa shape index (κ2) is 7.62. The maximum Gasteiger partial charge on any atom is 0.334 e. The van der Waals surface area contributed by atoms with Crippen LogP contribution in [-0.4, -0.2) is 36.1 Å². The molecule has 1 atom stereocenters. The van der Waals surface area contributed by atoms with Gasteiger partial charge in [0, 0.05) is 18.0 Å². The van der Waals surface area contributed by atoms with Crippen LogP contribution in [0.3, 0.4) is 0 Å². The van der Waals surface area contributed by atoms with Crippen LogP contribution in [0.5, 0.6) is 0 Å². The Morgan fingerprint density at radius 3 is 2.65 bits per heavy atom. The van der Waals surface area contributed by atoms with Crippen molar-refractivity contribution in [3.05, 3.63) is 11.6 Å². The molecule has 0 aromatic rings. The molecule has 1 saturated carbocycles. The first-order valence-electron chi connectivity index (χ1n) is 8.33. The molecule has 1 heterocycles. The van der Waals surface area contributed by atoms with Gasteiger partial charge in [0.15, 0.2) is 0 Å². The monoisotopic (exact) mass is 323 g/mol. The lowest BCUT2D eigenvalue weighted by molar-refractivity contribution is -0.173. The topological polar surface area (TPSA) is 81.7 Å². The van der Waals surface area contributed by atoms with E-state index >= 15 is 0 Å². The highest BCUT2D eigenvalue weighted by Crippen LogP contribution is 2.30. The van der Waals surface area contributed by atoms with Gasteiger partial charge in [-0.25, -0.2) is 4.79 Å². The summed E-state index contributed by atoms with van der Waals surface area (Å²) in [4.78, 5) is 36.6. The SMILES string of the molecule is CCOC(=O)CC1(C(=O)NC2CCCCC2)CC=C(C)C(=O)O1. The lowest BCUT2D eigenvalue weighted by Crippen LogP contribution is -2.55. The Balaban J connectivity index is 2.13. The third-order valence-corrected chi connectivity index (χ3v) is 4.44. The molecular formula is C17H25NO5. The summed E-state index contributed by atoms with van der Waals surface area (Å²) in [5, 5.41) is 2.96. The molecule has 1 N–H and O–H groups in total. The first-order chi connectivity index (χ1) is 11.0. The number of rotatable bonds is 5. The second-order valence-corrected chi connectivity index (χ2v) is 6.27. The molecule has 0 saturated heterocycles. The van der Waals surface area contributed by atoms with E-state index in [0.29, 0.717) is 5.57 Å². The molecule has 2 rings (SSSR count). The molecule has 0 radical (unpaired) electrons. The quantitative estimate of drug-likeness (QED) is 0.783. The molecule has 1 aliphatic heterocycles. The van der Waals surface area contributed by atoms with Crippen LogP contribution in [0.25, 0.3) is 0 Å². The standard InChI is InChI=1S/C17H25NO5/c1-3-22-14(19)11-17(10-9-12(2)15(20)23-17)16(21)18-13-7-5-4-6-8-13/h9,13H,3-8,10-11H2,1-2H3,(H,18,21). The van der Waals surface area contributed by atoms with Crippen molar-refractivity contribution in [3.63, 3.8) is 0 Å². The molecule has 0 spiro atoms. The Morgan fingerprint density at radius 2 is 2.04 bits per heavy atom. The molecule has 6 nitrogen and oxygen atoms in total. The third kappa shape index (κ3) is 4.33. The van der Waals surface area contributed by atoms with Crippen molar-refractivity contribution in [1.82, 2.24) is 5.32 Å². The van der Waals surface area contributed by atoms with E-state index in [0.717, 1.165) is 25.7 Å². The van der Waals surface area contributed by atoms with Gasteiger partial charge in [0.25, 0.3) is 5.91 Å². The van der Waals surface area contributed by atoms with Gasteiger partial charge in [0.2, 0.25) is 5.60 Å². The summed E-state index contributed by atoms with van der Waals surface area (Å²) in [6.45, 7) is 3.56. The minimum atomic E-state index is -1.49.